The van der Waals surface area contributed by atoms with Crippen LogP contribution in [0.2, 0.25) is 0 Å². The fourth-order valence-corrected chi connectivity index (χ4v) is 2.44. The Morgan fingerprint density at radius 2 is 2.00 bits per heavy atom. The molecule has 0 heterocycles. The zero-order chi connectivity index (χ0) is 14.0. The molecule has 1 N–H and O–H groups in total. The Morgan fingerprint density at radius 1 is 1.37 bits per heavy atom. The first-order chi connectivity index (χ1) is 8.93. The molecule has 5 heteroatoms. The first-order valence-electron chi connectivity index (χ1n) is 6.17. The van der Waals surface area contributed by atoms with Gasteiger partial charge in [-0.15, -0.1) is 0 Å². The van der Waals surface area contributed by atoms with Gasteiger partial charge in [-0.2, -0.15) is 0 Å². The molecule has 1 aromatic rings. The second kappa shape index (κ2) is 5.25. The Hall–Kier alpha value is -1.49. The number of esters is 1. The second-order valence-corrected chi connectivity index (χ2v) is 4.89. The Labute approximate surface area is 110 Å². The molecule has 0 bridgehead atoms. The number of ether oxygens (including phenoxy) is 1. The first-order valence-corrected chi connectivity index (χ1v) is 6.17. The van der Waals surface area contributed by atoms with Crippen molar-refractivity contribution in [1.29, 1.82) is 0 Å². The van der Waals surface area contributed by atoms with Crippen molar-refractivity contribution >= 4 is 5.97 Å². The largest absolute Gasteiger partial charge is 0.465 e. The molecule has 1 aromatic carbocycles. The highest BCUT2D eigenvalue weighted by molar-refractivity contribution is 5.89. The van der Waals surface area contributed by atoms with Crippen LogP contribution < -0.4 is 0 Å². The molecule has 2 atom stereocenters. The van der Waals surface area contributed by atoms with E-state index >= 15 is 0 Å². The van der Waals surface area contributed by atoms with Crippen molar-refractivity contribution in [2.45, 2.75) is 37.2 Å². The molecule has 0 amide bonds. The molecule has 0 aliphatic heterocycles. The SMILES string of the molecule is COC(=O)c1ccc([C@@H]2CC(F)(F)CC[C@@H]2O)cc1. The third-order valence-electron chi connectivity index (χ3n) is 3.55. The number of hydrogen-bond donors (Lipinski definition) is 1. The molecule has 0 unspecified atom stereocenters. The lowest BCUT2D eigenvalue weighted by Gasteiger charge is -2.33. The van der Waals surface area contributed by atoms with Crippen molar-refractivity contribution in [3.8, 4) is 0 Å². The van der Waals surface area contributed by atoms with E-state index in [-0.39, 0.29) is 19.3 Å². The van der Waals surface area contributed by atoms with E-state index in [1.807, 2.05) is 0 Å². The lowest BCUT2D eigenvalue weighted by atomic mass is 9.79. The van der Waals surface area contributed by atoms with E-state index in [0.29, 0.717) is 11.1 Å². The van der Waals surface area contributed by atoms with E-state index < -0.39 is 23.9 Å². The minimum Gasteiger partial charge on any atom is -0.465 e. The van der Waals surface area contributed by atoms with E-state index in [1.165, 1.54) is 19.2 Å². The summed E-state index contributed by atoms with van der Waals surface area (Å²) in [6, 6.07) is 6.25. The van der Waals surface area contributed by atoms with E-state index in [0.717, 1.165) is 0 Å². The van der Waals surface area contributed by atoms with E-state index in [4.69, 9.17) is 0 Å². The smallest absolute Gasteiger partial charge is 0.337 e. The summed E-state index contributed by atoms with van der Waals surface area (Å²) < 4.78 is 31.3. The van der Waals surface area contributed by atoms with Crippen LogP contribution in [0.25, 0.3) is 0 Å². The molecular formula is C14H16F2O3. The third-order valence-corrected chi connectivity index (χ3v) is 3.55. The van der Waals surface area contributed by atoms with Crippen LogP contribution in [0.5, 0.6) is 0 Å². The quantitative estimate of drug-likeness (QED) is 0.840. The fourth-order valence-electron chi connectivity index (χ4n) is 2.44. The minimum atomic E-state index is -2.73. The van der Waals surface area contributed by atoms with Gasteiger partial charge in [0.1, 0.15) is 0 Å². The summed E-state index contributed by atoms with van der Waals surface area (Å²) in [6.07, 6.45) is -1.30. The number of aliphatic hydroxyl groups is 1. The van der Waals surface area contributed by atoms with Crippen molar-refractivity contribution in [2.24, 2.45) is 0 Å². The first kappa shape index (κ1) is 13.9. The van der Waals surface area contributed by atoms with Crippen LogP contribution in [0.3, 0.4) is 0 Å². The van der Waals surface area contributed by atoms with Crippen molar-refractivity contribution in [2.75, 3.05) is 7.11 Å². The van der Waals surface area contributed by atoms with Gasteiger partial charge < -0.3 is 9.84 Å². The fraction of sp³-hybridized carbons (Fsp3) is 0.500. The van der Waals surface area contributed by atoms with Crippen LogP contribution in [-0.4, -0.2) is 30.2 Å². The highest BCUT2D eigenvalue weighted by atomic mass is 19.3. The van der Waals surface area contributed by atoms with Gasteiger partial charge in [0.2, 0.25) is 5.92 Å². The van der Waals surface area contributed by atoms with Gasteiger partial charge in [0.05, 0.1) is 18.8 Å². The maximum atomic E-state index is 13.4. The van der Waals surface area contributed by atoms with Crippen LogP contribution in [0.4, 0.5) is 8.78 Å². The highest BCUT2D eigenvalue weighted by Crippen LogP contribution is 2.41. The Balaban J connectivity index is 2.19. The molecule has 3 nitrogen and oxygen atoms in total. The summed E-state index contributed by atoms with van der Waals surface area (Å²) in [5.74, 6) is -3.79. The topological polar surface area (TPSA) is 46.5 Å². The molecule has 104 valence electrons. The Bertz CT molecular complexity index is 456. The van der Waals surface area contributed by atoms with Crippen LogP contribution in [0.1, 0.15) is 41.1 Å². The molecule has 1 saturated carbocycles. The number of alkyl halides is 2. The monoisotopic (exact) mass is 270 g/mol. The van der Waals surface area contributed by atoms with Crippen molar-refractivity contribution in [3.05, 3.63) is 35.4 Å². The number of benzene rings is 1. The van der Waals surface area contributed by atoms with Crippen LogP contribution in [-0.2, 0) is 4.74 Å². The van der Waals surface area contributed by atoms with Gasteiger partial charge >= 0.3 is 5.97 Å². The van der Waals surface area contributed by atoms with E-state index in [9.17, 15) is 18.7 Å². The van der Waals surface area contributed by atoms with Crippen LogP contribution in [0, 0.1) is 0 Å². The van der Waals surface area contributed by atoms with Gasteiger partial charge in [-0.05, 0) is 24.1 Å². The summed E-state index contributed by atoms with van der Waals surface area (Å²) in [6.45, 7) is 0. The maximum Gasteiger partial charge on any atom is 0.337 e. The number of rotatable bonds is 2. The highest BCUT2D eigenvalue weighted by Gasteiger charge is 2.41. The predicted molar refractivity (Wildman–Crippen MR) is 65.3 cm³/mol. The second-order valence-electron chi connectivity index (χ2n) is 4.89. The number of hydrogen-bond acceptors (Lipinski definition) is 3. The van der Waals surface area contributed by atoms with Gasteiger partial charge in [-0.1, -0.05) is 12.1 Å². The number of carbonyl (C=O) groups excluding carboxylic acids is 1. The molecule has 2 rings (SSSR count). The third kappa shape index (κ3) is 3.10. The number of aliphatic hydroxyl groups excluding tert-OH is 1. The van der Waals surface area contributed by atoms with Gasteiger partial charge in [0.25, 0.3) is 0 Å². The zero-order valence-corrected chi connectivity index (χ0v) is 10.6. The number of halogens is 2. The summed E-state index contributed by atoms with van der Waals surface area (Å²) in [5.41, 5.74) is 0.989. The number of methoxy groups -OCH3 is 1. The lowest BCUT2D eigenvalue weighted by molar-refractivity contribution is -0.0740. The van der Waals surface area contributed by atoms with E-state index in [1.54, 1.807) is 12.1 Å². The molecule has 0 radical (unpaired) electrons. The normalized spacial score (nSPS) is 25.9. The summed E-state index contributed by atoms with van der Waals surface area (Å²) in [5, 5.41) is 9.85. The lowest BCUT2D eigenvalue weighted by Crippen LogP contribution is -2.34. The standard InChI is InChI=1S/C14H16F2O3/c1-19-13(18)10-4-2-9(3-5-10)11-8-14(15,16)7-6-12(11)17/h2-5,11-12,17H,6-8H2,1H3/t11-,12-/m0/s1. The van der Waals surface area contributed by atoms with Gasteiger partial charge in [0.15, 0.2) is 0 Å². The van der Waals surface area contributed by atoms with Crippen LogP contribution in [0.15, 0.2) is 24.3 Å². The predicted octanol–water partition coefficient (Wildman–Crippen LogP) is 2.74. The number of carbonyl (C=O) groups is 1. The summed E-state index contributed by atoms with van der Waals surface area (Å²) >= 11 is 0. The summed E-state index contributed by atoms with van der Waals surface area (Å²) in [4.78, 5) is 11.3. The van der Waals surface area contributed by atoms with Crippen molar-refractivity contribution in [3.63, 3.8) is 0 Å². The average molecular weight is 270 g/mol. The minimum absolute atomic E-state index is 0.0937. The van der Waals surface area contributed by atoms with Crippen molar-refractivity contribution in [1.82, 2.24) is 0 Å². The van der Waals surface area contributed by atoms with Gasteiger partial charge in [0, 0.05) is 18.8 Å². The molecule has 1 fully saturated rings. The molecule has 0 aromatic heterocycles. The Morgan fingerprint density at radius 3 is 2.58 bits per heavy atom. The molecule has 0 spiro atoms. The summed E-state index contributed by atoms with van der Waals surface area (Å²) in [7, 11) is 1.28. The molecule has 1 aliphatic rings. The van der Waals surface area contributed by atoms with Gasteiger partial charge in [-0.3, -0.25) is 0 Å². The molecule has 0 saturated heterocycles. The van der Waals surface area contributed by atoms with E-state index in [2.05, 4.69) is 4.74 Å². The molecule has 19 heavy (non-hydrogen) atoms. The Kier molecular flexibility index (Phi) is 3.85. The van der Waals surface area contributed by atoms with Gasteiger partial charge in [-0.25, -0.2) is 13.6 Å². The molecular weight excluding hydrogens is 254 g/mol. The molecule has 1 aliphatic carbocycles. The maximum absolute atomic E-state index is 13.4. The van der Waals surface area contributed by atoms with Crippen LogP contribution >= 0.6 is 0 Å². The zero-order valence-electron chi connectivity index (χ0n) is 10.6. The average Bonchev–Trinajstić information content (AvgIpc) is 2.41. The van der Waals surface area contributed by atoms with Crippen molar-refractivity contribution < 1.29 is 23.4 Å².